The van der Waals surface area contributed by atoms with Gasteiger partial charge in [0, 0.05) is 17.7 Å². The Morgan fingerprint density at radius 3 is 2.93 bits per heavy atom. The molecular weight excluding hydrogens is 196 g/mol. The molecule has 0 spiro atoms. The van der Waals surface area contributed by atoms with Gasteiger partial charge >= 0.3 is 0 Å². The van der Waals surface area contributed by atoms with E-state index in [0.717, 1.165) is 30.1 Å². The van der Waals surface area contributed by atoms with Gasteiger partial charge in [0.2, 0.25) is 0 Å². The SMILES string of the molecule is Cc1csc(C(C)NCCCCO)n1. The Balaban J connectivity index is 2.25. The predicted molar refractivity (Wildman–Crippen MR) is 59.6 cm³/mol. The molecule has 0 saturated heterocycles. The van der Waals surface area contributed by atoms with Gasteiger partial charge in [-0.3, -0.25) is 0 Å². The van der Waals surface area contributed by atoms with E-state index in [1.54, 1.807) is 11.3 Å². The molecule has 1 aromatic rings. The Hall–Kier alpha value is -0.450. The molecule has 0 aliphatic heterocycles. The average Bonchev–Trinajstić information content (AvgIpc) is 2.59. The number of rotatable bonds is 6. The zero-order valence-corrected chi connectivity index (χ0v) is 9.60. The maximum atomic E-state index is 8.61. The third kappa shape index (κ3) is 3.74. The van der Waals surface area contributed by atoms with Crippen LogP contribution in [0, 0.1) is 6.92 Å². The van der Waals surface area contributed by atoms with E-state index in [1.807, 2.05) is 6.92 Å². The van der Waals surface area contributed by atoms with Gasteiger partial charge < -0.3 is 10.4 Å². The Morgan fingerprint density at radius 1 is 1.57 bits per heavy atom. The molecule has 14 heavy (non-hydrogen) atoms. The maximum absolute atomic E-state index is 8.61. The molecule has 1 atom stereocenters. The van der Waals surface area contributed by atoms with E-state index in [0.29, 0.717) is 6.04 Å². The van der Waals surface area contributed by atoms with Crippen molar-refractivity contribution in [2.75, 3.05) is 13.2 Å². The molecule has 0 aliphatic rings. The van der Waals surface area contributed by atoms with E-state index in [1.165, 1.54) is 0 Å². The highest BCUT2D eigenvalue weighted by Crippen LogP contribution is 2.17. The van der Waals surface area contributed by atoms with Crippen LogP contribution < -0.4 is 5.32 Å². The summed E-state index contributed by atoms with van der Waals surface area (Å²) in [7, 11) is 0. The number of hydrogen-bond donors (Lipinski definition) is 2. The number of unbranched alkanes of at least 4 members (excludes halogenated alkanes) is 1. The van der Waals surface area contributed by atoms with Gasteiger partial charge in [-0.1, -0.05) is 0 Å². The van der Waals surface area contributed by atoms with Gasteiger partial charge in [0.1, 0.15) is 5.01 Å². The molecule has 3 nitrogen and oxygen atoms in total. The van der Waals surface area contributed by atoms with E-state index in [9.17, 15) is 0 Å². The van der Waals surface area contributed by atoms with Crippen LogP contribution in [0.25, 0.3) is 0 Å². The number of aliphatic hydroxyl groups excluding tert-OH is 1. The Bertz CT molecular complexity index is 262. The monoisotopic (exact) mass is 214 g/mol. The van der Waals surface area contributed by atoms with Crippen LogP contribution in [-0.2, 0) is 0 Å². The molecule has 0 saturated carbocycles. The minimum Gasteiger partial charge on any atom is -0.396 e. The van der Waals surface area contributed by atoms with E-state index >= 15 is 0 Å². The summed E-state index contributed by atoms with van der Waals surface area (Å²) in [4.78, 5) is 4.42. The second-order valence-electron chi connectivity index (χ2n) is 3.43. The van der Waals surface area contributed by atoms with Crippen LogP contribution in [0.5, 0.6) is 0 Å². The zero-order valence-electron chi connectivity index (χ0n) is 8.79. The molecule has 0 bridgehead atoms. The number of thiazole rings is 1. The van der Waals surface area contributed by atoms with Gasteiger partial charge in [0.15, 0.2) is 0 Å². The van der Waals surface area contributed by atoms with E-state index < -0.39 is 0 Å². The molecule has 0 aliphatic carbocycles. The summed E-state index contributed by atoms with van der Waals surface area (Å²) in [6.45, 7) is 5.36. The minimum atomic E-state index is 0.284. The lowest BCUT2D eigenvalue weighted by molar-refractivity contribution is 0.283. The van der Waals surface area contributed by atoms with Gasteiger partial charge in [0.05, 0.1) is 6.04 Å². The van der Waals surface area contributed by atoms with Crippen molar-refractivity contribution in [3.63, 3.8) is 0 Å². The summed E-state index contributed by atoms with van der Waals surface area (Å²) >= 11 is 1.70. The molecular formula is C10H18N2OS. The molecule has 2 N–H and O–H groups in total. The highest BCUT2D eigenvalue weighted by Gasteiger charge is 2.07. The minimum absolute atomic E-state index is 0.284. The van der Waals surface area contributed by atoms with Crippen LogP contribution in [0.2, 0.25) is 0 Å². The van der Waals surface area contributed by atoms with Crippen molar-refractivity contribution in [1.82, 2.24) is 10.3 Å². The van der Waals surface area contributed by atoms with Crippen molar-refractivity contribution in [3.8, 4) is 0 Å². The smallest absolute Gasteiger partial charge is 0.110 e. The summed E-state index contributed by atoms with van der Waals surface area (Å²) in [6.07, 6.45) is 1.89. The van der Waals surface area contributed by atoms with Gasteiger partial charge in [-0.2, -0.15) is 0 Å². The predicted octanol–water partition coefficient (Wildman–Crippen LogP) is 1.87. The first kappa shape index (κ1) is 11.6. The molecule has 1 heterocycles. The van der Waals surface area contributed by atoms with Gasteiger partial charge in [-0.15, -0.1) is 11.3 Å². The molecule has 80 valence electrons. The largest absolute Gasteiger partial charge is 0.396 e. The Kier molecular flexibility index (Phi) is 5.07. The van der Waals surface area contributed by atoms with Gasteiger partial charge in [-0.25, -0.2) is 4.98 Å². The van der Waals surface area contributed by atoms with E-state index in [2.05, 4.69) is 22.6 Å². The summed E-state index contributed by atoms with van der Waals surface area (Å²) in [6, 6.07) is 0.326. The molecule has 0 radical (unpaired) electrons. The fraction of sp³-hybridized carbons (Fsp3) is 0.700. The summed E-state index contributed by atoms with van der Waals surface area (Å²) in [5.41, 5.74) is 1.09. The highest BCUT2D eigenvalue weighted by atomic mass is 32.1. The van der Waals surface area contributed by atoms with Crippen molar-refractivity contribution < 1.29 is 5.11 Å². The number of aliphatic hydroxyl groups is 1. The van der Waals surface area contributed by atoms with Crippen LogP contribution >= 0.6 is 11.3 Å². The molecule has 1 aromatic heterocycles. The van der Waals surface area contributed by atoms with Crippen LogP contribution in [0.1, 0.15) is 36.5 Å². The molecule has 0 aromatic carbocycles. The lowest BCUT2D eigenvalue weighted by Gasteiger charge is -2.10. The first-order valence-electron chi connectivity index (χ1n) is 5.00. The van der Waals surface area contributed by atoms with Crippen LogP contribution in [0.4, 0.5) is 0 Å². The number of aryl methyl sites for hydroxylation is 1. The topological polar surface area (TPSA) is 45.1 Å². The van der Waals surface area contributed by atoms with Gasteiger partial charge in [0.25, 0.3) is 0 Å². The fourth-order valence-electron chi connectivity index (χ4n) is 1.21. The Labute approximate surface area is 89.2 Å². The quantitative estimate of drug-likeness (QED) is 0.711. The Morgan fingerprint density at radius 2 is 2.36 bits per heavy atom. The van der Waals surface area contributed by atoms with Gasteiger partial charge in [-0.05, 0) is 33.2 Å². The van der Waals surface area contributed by atoms with Crippen LogP contribution in [-0.4, -0.2) is 23.2 Å². The number of aromatic nitrogens is 1. The van der Waals surface area contributed by atoms with E-state index in [-0.39, 0.29) is 6.61 Å². The lowest BCUT2D eigenvalue weighted by Crippen LogP contribution is -2.19. The fourth-order valence-corrected chi connectivity index (χ4v) is 2.04. The number of nitrogens with one attached hydrogen (secondary N) is 1. The summed E-state index contributed by atoms with van der Waals surface area (Å²) in [5, 5.41) is 15.2. The van der Waals surface area contributed by atoms with E-state index in [4.69, 9.17) is 5.11 Å². The molecule has 1 unspecified atom stereocenters. The third-order valence-corrected chi connectivity index (χ3v) is 3.19. The third-order valence-electron chi connectivity index (χ3n) is 2.04. The van der Waals surface area contributed by atoms with Crippen LogP contribution in [0.15, 0.2) is 5.38 Å². The summed E-state index contributed by atoms with van der Waals surface area (Å²) in [5.74, 6) is 0. The maximum Gasteiger partial charge on any atom is 0.110 e. The van der Waals surface area contributed by atoms with Crippen molar-refractivity contribution in [1.29, 1.82) is 0 Å². The number of hydrogen-bond acceptors (Lipinski definition) is 4. The van der Waals surface area contributed by atoms with Crippen molar-refractivity contribution in [2.24, 2.45) is 0 Å². The molecule has 1 rings (SSSR count). The standard InChI is InChI=1S/C10H18N2OS/c1-8-7-14-10(12-8)9(2)11-5-3-4-6-13/h7,9,11,13H,3-6H2,1-2H3. The van der Waals surface area contributed by atoms with Crippen molar-refractivity contribution in [2.45, 2.75) is 32.7 Å². The van der Waals surface area contributed by atoms with Crippen molar-refractivity contribution in [3.05, 3.63) is 16.1 Å². The second kappa shape index (κ2) is 6.11. The first-order chi connectivity index (χ1) is 6.74. The lowest BCUT2D eigenvalue weighted by atomic mass is 10.3. The zero-order chi connectivity index (χ0) is 10.4. The van der Waals surface area contributed by atoms with Crippen molar-refractivity contribution >= 4 is 11.3 Å². The summed E-state index contributed by atoms with van der Waals surface area (Å²) < 4.78 is 0. The first-order valence-corrected chi connectivity index (χ1v) is 5.88. The second-order valence-corrected chi connectivity index (χ2v) is 4.32. The van der Waals surface area contributed by atoms with Crippen LogP contribution in [0.3, 0.4) is 0 Å². The molecule has 0 fully saturated rings. The normalized spacial score (nSPS) is 13.1. The average molecular weight is 214 g/mol. The number of nitrogens with zero attached hydrogens (tertiary/aromatic N) is 1. The highest BCUT2D eigenvalue weighted by molar-refractivity contribution is 7.09. The molecule has 4 heteroatoms. The molecule has 0 amide bonds.